The molecule has 1 aliphatic heterocycles. The van der Waals surface area contributed by atoms with Gasteiger partial charge in [0.15, 0.2) is 0 Å². The van der Waals surface area contributed by atoms with Crippen LogP contribution in [0.25, 0.3) is 0 Å². The molecule has 1 rings (SSSR count). The maximum absolute atomic E-state index is 3.66. The summed E-state index contributed by atoms with van der Waals surface area (Å²) in [5, 5.41) is 3.66. The van der Waals surface area contributed by atoms with Crippen LogP contribution in [0.3, 0.4) is 0 Å². The van der Waals surface area contributed by atoms with E-state index in [4.69, 9.17) is 0 Å². The molecule has 0 aromatic heterocycles. The van der Waals surface area contributed by atoms with Crippen molar-refractivity contribution in [3.8, 4) is 0 Å². The zero-order valence-electron chi connectivity index (χ0n) is 13.3. The summed E-state index contributed by atoms with van der Waals surface area (Å²) in [6.07, 6.45) is 5.49. The fourth-order valence-electron chi connectivity index (χ4n) is 3.09. The van der Waals surface area contributed by atoms with Gasteiger partial charge in [0.2, 0.25) is 0 Å². The summed E-state index contributed by atoms with van der Waals surface area (Å²) in [6, 6.07) is 0.643. The van der Waals surface area contributed by atoms with Gasteiger partial charge in [0.05, 0.1) is 0 Å². The number of nitrogens with one attached hydrogen (secondary N) is 1. The molecular formula is C16H34N2. The number of nitrogens with zero attached hydrogens (tertiary/aromatic N) is 1. The van der Waals surface area contributed by atoms with E-state index in [1.165, 1.54) is 45.3 Å². The van der Waals surface area contributed by atoms with Crippen molar-refractivity contribution in [1.29, 1.82) is 0 Å². The van der Waals surface area contributed by atoms with Crippen LogP contribution in [0.15, 0.2) is 0 Å². The van der Waals surface area contributed by atoms with Crippen LogP contribution in [0.2, 0.25) is 0 Å². The number of piperidine rings is 1. The second-order valence-corrected chi connectivity index (χ2v) is 6.98. The predicted molar refractivity (Wildman–Crippen MR) is 81.0 cm³/mol. The molecule has 0 amide bonds. The Balaban J connectivity index is 2.37. The summed E-state index contributed by atoms with van der Waals surface area (Å²) in [5.41, 5.74) is 0.371. The zero-order chi connectivity index (χ0) is 13.6. The van der Waals surface area contributed by atoms with Gasteiger partial charge in [-0.1, -0.05) is 41.0 Å². The Hall–Kier alpha value is -0.0800. The van der Waals surface area contributed by atoms with Crippen molar-refractivity contribution < 1.29 is 0 Å². The van der Waals surface area contributed by atoms with Crippen molar-refractivity contribution in [2.45, 2.75) is 66.3 Å². The number of rotatable bonds is 6. The molecule has 108 valence electrons. The molecule has 1 aliphatic rings. The SMILES string of the molecule is CCNC(CCN1CCCC(CC)C1)C(C)(C)C. The molecule has 2 unspecified atom stereocenters. The Morgan fingerprint density at radius 3 is 2.56 bits per heavy atom. The Morgan fingerprint density at radius 1 is 1.28 bits per heavy atom. The Morgan fingerprint density at radius 2 is 2.00 bits per heavy atom. The number of likely N-dealkylation sites (tertiary alicyclic amines) is 1. The summed E-state index contributed by atoms with van der Waals surface area (Å²) < 4.78 is 0. The molecule has 0 radical (unpaired) electrons. The lowest BCUT2D eigenvalue weighted by molar-refractivity contribution is 0.149. The molecule has 2 heteroatoms. The van der Waals surface area contributed by atoms with Gasteiger partial charge in [-0.05, 0) is 50.2 Å². The van der Waals surface area contributed by atoms with Gasteiger partial charge < -0.3 is 10.2 Å². The first-order valence-corrected chi connectivity index (χ1v) is 7.93. The minimum atomic E-state index is 0.371. The normalized spacial score (nSPS) is 24.2. The van der Waals surface area contributed by atoms with Gasteiger partial charge in [0, 0.05) is 12.6 Å². The molecule has 0 aliphatic carbocycles. The van der Waals surface area contributed by atoms with E-state index in [1.54, 1.807) is 0 Å². The molecule has 0 saturated carbocycles. The number of hydrogen-bond acceptors (Lipinski definition) is 2. The fourth-order valence-corrected chi connectivity index (χ4v) is 3.09. The van der Waals surface area contributed by atoms with Crippen molar-refractivity contribution in [3.05, 3.63) is 0 Å². The van der Waals surface area contributed by atoms with Crippen LogP contribution in [0.4, 0.5) is 0 Å². The van der Waals surface area contributed by atoms with E-state index >= 15 is 0 Å². The summed E-state index contributed by atoms with van der Waals surface area (Å²) in [4.78, 5) is 2.69. The highest BCUT2D eigenvalue weighted by molar-refractivity contribution is 4.82. The van der Waals surface area contributed by atoms with Crippen LogP contribution in [-0.4, -0.2) is 37.1 Å². The van der Waals surface area contributed by atoms with E-state index in [0.717, 1.165) is 12.5 Å². The number of hydrogen-bond donors (Lipinski definition) is 1. The summed E-state index contributed by atoms with van der Waals surface area (Å²) >= 11 is 0. The maximum Gasteiger partial charge on any atom is 0.0128 e. The van der Waals surface area contributed by atoms with Crippen LogP contribution in [0.5, 0.6) is 0 Å². The van der Waals surface area contributed by atoms with Crippen molar-refractivity contribution in [1.82, 2.24) is 10.2 Å². The molecule has 0 aromatic carbocycles. The van der Waals surface area contributed by atoms with Gasteiger partial charge in [-0.2, -0.15) is 0 Å². The fraction of sp³-hybridized carbons (Fsp3) is 1.00. The van der Waals surface area contributed by atoms with Gasteiger partial charge in [0.25, 0.3) is 0 Å². The molecule has 2 atom stereocenters. The first-order chi connectivity index (χ1) is 8.47. The topological polar surface area (TPSA) is 15.3 Å². The van der Waals surface area contributed by atoms with Gasteiger partial charge >= 0.3 is 0 Å². The third-order valence-electron chi connectivity index (χ3n) is 4.41. The molecule has 2 nitrogen and oxygen atoms in total. The standard InChI is InChI=1S/C16H34N2/c1-6-14-9-8-11-18(13-14)12-10-15(17-7-2)16(3,4)5/h14-15,17H,6-13H2,1-5H3. The average molecular weight is 254 g/mol. The largest absolute Gasteiger partial charge is 0.314 e. The maximum atomic E-state index is 3.66. The highest BCUT2D eigenvalue weighted by Crippen LogP contribution is 2.24. The molecule has 1 fully saturated rings. The minimum absolute atomic E-state index is 0.371. The first-order valence-electron chi connectivity index (χ1n) is 7.93. The van der Waals surface area contributed by atoms with Crippen molar-refractivity contribution in [3.63, 3.8) is 0 Å². The van der Waals surface area contributed by atoms with Crippen LogP contribution in [0.1, 0.15) is 60.3 Å². The molecule has 0 aromatic rings. The van der Waals surface area contributed by atoms with Crippen LogP contribution < -0.4 is 5.32 Å². The first kappa shape index (κ1) is 16.0. The average Bonchev–Trinajstić information content (AvgIpc) is 2.33. The lowest BCUT2D eigenvalue weighted by Crippen LogP contribution is -2.44. The quantitative estimate of drug-likeness (QED) is 0.780. The molecular weight excluding hydrogens is 220 g/mol. The van der Waals surface area contributed by atoms with Crippen LogP contribution in [0, 0.1) is 11.3 Å². The third kappa shape index (κ3) is 5.27. The van der Waals surface area contributed by atoms with Gasteiger partial charge in [-0.25, -0.2) is 0 Å². The highest BCUT2D eigenvalue weighted by atomic mass is 15.1. The molecule has 0 spiro atoms. The predicted octanol–water partition coefficient (Wildman–Crippen LogP) is 3.52. The Bertz CT molecular complexity index is 220. The lowest BCUT2D eigenvalue weighted by Gasteiger charge is -2.36. The summed E-state index contributed by atoms with van der Waals surface area (Å²) in [5.74, 6) is 0.950. The molecule has 1 heterocycles. The van der Waals surface area contributed by atoms with Gasteiger partial charge in [0.1, 0.15) is 0 Å². The third-order valence-corrected chi connectivity index (χ3v) is 4.41. The monoisotopic (exact) mass is 254 g/mol. The lowest BCUT2D eigenvalue weighted by atomic mass is 9.84. The Labute approximate surface area is 115 Å². The van der Waals surface area contributed by atoms with Gasteiger partial charge in [-0.15, -0.1) is 0 Å². The van der Waals surface area contributed by atoms with E-state index in [0.29, 0.717) is 11.5 Å². The van der Waals surface area contributed by atoms with Crippen molar-refractivity contribution in [2.24, 2.45) is 11.3 Å². The highest BCUT2D eigenvalue weighted by Gasteiger charge is 2.25. The van der Waals surface area contributed by atoms with Crippen LogP contribution in [-0.2, 0) is 0 Å². The van der Waals surface area contributed by atoms with Crippen molar-refractivity contribution >= 4 is 0 Å². The summed E-state index contributed by atoms with van der Waals surface area (Å²) in [6.45, 7) is 16.6. The summed E-state index contributed by atoms with van der Waals surface area (Å²) in [7, 11) is 0. The van der Waals surface area contributed by atoms with Crippen LogP contribution >= 0.6 is 0 Å². The second-order valence-electron chi connectivity index (χ2n) is 6.98. The second kappa shape index (κ2) is 7.49. The van der Waals surface area contributed by atoms with E-state index in [-0.39, 0.29) is 0 Å². The molecule has 0 bridgehead atoms. The van der Waals surface area contributed by atoms with E-state index in [2.05, 4.69) is 44.8 Å². The van der Waals surface area contributed by atoms with Crippen molar-refractivity contribution in [2.75, 3.05) is 26.2 Å². The smallest absolute Gasteiger partial charge is 0.0128 e. The molecule has 18 heavy (non-hydrogen) atoms. The Kier molecular flexibility index (Phi) is 6.65. The molecule has 1 N–H and O–H groups in total. The van der Waals surface area contributed by atoms with E-state index in [9.17, 15) is 0 Å². The minimum Gasteiger partial charge on any atom is -0.314 e. The zero-order valence-corrected chi connectivity index (χ0v) is 13.3. The van der Waals surface area contributed by atoms with E-state index < -0.39 is 0 Å². The van der Waals surface area contributed by atoms with Gasteiger partial charge in [-0.3, -0.25) is 0 Å². The molecule has 1 saturated heterocycles. The van der Waals surface area contributed by atoms with E-state index in [1.807, 2.05) is 0 Å².